The second-order valence-corrected chi connectivity index (χ2v) is 10.5. The first-order valence-electron chi connectivity index (χ1n) is 13.2. The van der Waals surface area contributed by atoms with E-state index < -0.39 is 0 Å². The van der Waals surface area contributed by atoms with Gasteiger partial charge in [0, 0.05) is 48.5 Å². The largest absolute Gasteiger partial charge is 0.497 e. The first kappa shape index (κ1) is 25.4. The lowest BCUT2D eigenvalue weighted by atomic mass is 9.88. The molecule has 1 aliphatic heterocycles. The molecule has 194 valence electrons. The number of halogens is 1. The number of methoxy groups -OCH3 is 1. The van der Waals surface area contributed by atoms with Crippen molar-refractivity contribution >= 4 is 23.4 Å². The SMILES string of the molecule is COc1ccc(-n2c(-c3ccc(Cl)cc3)cc(C(=O)N3CCN(C(=O)C4CCCCC4)CC3)c2C)cc1. The molecule has 0 atom stereocenters. The van der Waals surface area contributed by atoms with Crippen molar-refractivity contribution in [1.29, 1.82) is 0 Å². The zero-order valence-electron chi connectivity index (χ0n) is 21.6. The highest BCUT2D eigenvalue weighted by Crippen LogP contribution is 2.32. The number of carbonyl (C=O) groups is 2. The molecule has 3 aromatic rings. The quantitative estimate of drug-likeness (QED) is 0.416. The van der Waals surface area contributed by atoms with Crippen LogP contribution >= 0.6 is 11.6 Å². The molecule has 0 bridgehead atoms. The van der Waals surface area contributed by atoms with Crippen molar-refractivity contribution in [3.63, 3.8) is 0 Å². The van der Waals surface area contributed by atoms with Crippen molar-refractivity contribution in [2.45, 2.75) is 39.0 Å². The van der Waals surface area contributed by atoms with E-state index in [9.17, 15) is 9.59 Å². The fourth-order valence-corrected chi connectivity index (χ4v) is 5.75. The summed E-state index contributed by atoms with van der Waals surface area (Å²) in [6.07, 6.45) is 5.54. The molecule has 37 heavy (non-hydrogen) atoms. The van der Waals surface area contributed by atoms with E-state index in [-0.39, 0.29) is 17.7 Å². The van der Waals surface area contributed by atoms with Gasteiger partial charge in [-0.05, 0) is 67.8 Å². The van der Waals surface area contributed by atoms with E-state index in [0.717, 1.165) is 54.1 Å². The molecule has 1 aromatic heterocycles. The predicted molar refractivity (Wildman–Crippen MR) is 147 cm³/mol. The first-order valence-corrected chi connectivity index (χ1v) is 13.5. The Morgan fingerprint density at radius 1 is 0.865 bits per heavy atom. The van der Waals surface area contributed by atoms with Crippen molar-refractivity contribution < 1.29 is 14.3 Å². The van der Waals surface area contributed by atoms with Gasteiger partial charge in [0.2, 0.25) is 5.91 Å². The lowest BCUT2D eigenvalue weighted by molar-refractivity contribution is -0.138. The summed E-state index contributed by atoms with van der Waals surface area (Å²) in [7, 11) is 1.65. The highest BCUT2D eigenvalue weighted by Gasteiger charge is 2.31. The number of carbonyl (C=O) groups excluding carboxylic acids is 2. The Morgan fingerprint density at radius 2 is 1.49 bits per heavy atom. The summed E-state index contributed by atoms with van der Waals surface area (Å²) in [6, 6.07) is 17.5. The molecule has 0 N–H and O–H groups in total. The third-order valence-corrected chi connectivity index (χ3v) is 8.03. The van der Waals surface area contributed by atoms with Crippen molar-refractivity contribution in [2.24, 2.45) is 5.92 Å². The lowest BCUT2D eigenvalue weighted by Gasteiger charge is -2.37. The molecule has 0 unspecified atom stereocenters. The fraction of sp³-hybridized carbons (Fsp3) is 0.400. The maximum absolute atomic E-state index is 13.7. The van der Waals surface area contributed by atoms with Gasteiger partial charge in [-0.15, -0.1) is 0 Å². The van der Waals surface area contributed by atoms with Gasteiger partial charge in [0.25, 0.3) is 5.91 Å². The third kappa shape index (κ3) is 5.26. The second kappa shape index (κ2) is 11.0. The molecule has 2 aromatic carbocycles. The highest BCUT2D eigenvalue weighted by atomic mass is 35.5. The van der Waals surface area contributed by atoms with Crippen molar-refractivity contribution in [2.75, 3.05) is 33.3 Å². The lowest BCUT2D eigenvalue weighted by Crippen LogP contribution is -2.52. The van der Waals surface area contributed by atoms with Crippen LogP contribution in [0.25, 0.3) is 16.9 Å². The van der Waals surface area contributed by atoms with E-state index in [0.29, 0.717) is 36.8 Å². The number of aromatic nitrogens is 1. The van der Waals surface area contributed by atoms with Gasteiger partial charge < -0.3 is 19.1 Å². The molecule has 2 amide bonds. The minimum Gasteiger partial charge on any atom is -0.497 e. The summed E-state index contributed by atoms with van der Waals surface area (Å²) in [4.78, 5) is 30.6. The molecule has 5 rings (SSSR count). The summed E-state index contributed by atoms with van der Waals surface area (Å²) in [6.45, 7) is 4.30. The first-order chi connectivity index (χ1) is 18.0. The highest BCUT2D eigenvalue weighted by molar-refractivity contribution is 6.30. The molecule has 1 saturated heterocycles. The summed E-state index contributed by atoms with van der Waals surface area (Å²) < 4.78 is 7.45. The number of piperazine rings is 1. The summed E-state index contributed by atoms with van der Waals surface area (Å²) in [5.74, 6) is 1.22. The van der Waals surface area contributed by atoms with Crippen LogP contribution in [0.1, 0.15) is 48.2 Å². The average molecular weight is 520 g/mol. The molecule has 2 aliphatic rings. The van der Waals surface area contributed by atoms with E-state index in [1.165, 1.54) is 6.42 Å². The van der Waals surface area contributed by atoms with E-state index in [1.54, 1.807) is 7.11 Å². The molecule has 6 nitrogen and oxygen atoms in total. The van der Waals surface area contributed by atoms with Crippen LogP contribution < -0.4 is 4.74 Å². The maximum atomic E-state index is 13.7. The molecule has 2 heterocycles. The Bertz CT molecular complexity index is 1250. The van der Waals surface area contributed by atoms with Gasteiger partial charge in [-0.2, -0.15) is 0 Å². The van der Waals surface area contributed by atoms with E-state index >= 15 is 0 Å². The van der Waals surface area contributed by atoms with Gasteiger partial charge >= 0.3 is 0 Å². The number of nitrogens with zero attached hydrogens (tertiary/aromatic N) is 3. The smallest absolute Gasteiger partial charge is 0.255 e. The Labute approximate surface area is 223 Å². The molecule has 0 spiro atoms. The van der Waals surface area contributed by atoms with Crippen LogP contribution in [0.4, 0.5) is 0 Å². The van der Waals surface area contributed by atoms with Gasteiger partial charge in [-0.1, -0.05) is 43.0 Å². The van der Waals surface area contributed by atoms with Crippen molar-refractivity contribution in [1.82, 2.24) is 14.4 Å². The zero-order chi connectivity index (χ0) is 25.9. The zero-order valence-corrected chi connectivity index (χ0v) is 22.3. The monoisotopic (exact) mass is 519 g/mol. The number of ether oxygens (including phenoxy) is 1. The minimum absolute atomic E-state index is 0.00439. The van der Waals surface area contributed by atoms with Crippen molar-refractivity contribution in [3.8, 4) is 22.7 Å². The third-order valence-electron chi connectivity index (χ3n) is 7.78. The Morgan fingerprint density at radius 3 is 2.11 bits per heavy atom. The molecule has 7 heteroatoms. The molecule has 1 saturated carbocycles. The van der Waals surface area contributed by atoms with Crippen LogP contribution in [0, 0.1) is 12.8 Å². The van der Waals surface area contributed by atoms with Gasteiger partial charge in [-0.3, -0.25) is 9.59 Å². The molecule has 1 aliphatic carbocycles. The standard InChI is InChI=1S/C30H34ClN3O3/c1-21-27(30(36)33-18-16-32(17-19-33)29(35)23-6-4-3-5-7-23)20-28(22-8-10-24(31)11-9-22)34(21)25-12-14-26(37-2)15-13-25/h8-15,20,23H,3-7,16-19H2,1-2H3. The maximum Gasteiger partial charge on any atom is 0.255 e. The van der Waals surface area contributed by atoms with E-state index in [1.807, 2.05) is 71.3 Å². The van der Waals surface area contributed by atoms with Crippen LogP contribution in [0.15, 0.2) is 54.6 Å². The number of benzene rings is 2. The van der Waals surface area contributed by atoms with E-state index in [2.05, 4.69) is 4.57 Å². The minimum atomic E-state index is 0.00439. The second-order valence-electron chi connectivity index (χ2n) is 10.0. The van der Waals surface area contributed by atoms with Crippen LogP contribution in [-0.4, -0.2) is 59.5 Å². The number of rotatable bonds is 5. The average Bonchev–Trinajstić information content (AvgIpc) is 3.30. The molecule has 0 radical (unpaired) electrons. The molecule has 2 fully saturated rings. The number of hydrogen-bond acceptors (Lipinski definition) is 3. The van der Waals surface area contributed by atoms with Crippen molar-refractivity contribution in [3.05, 3.63) is 70.9 Å². The van der Waals surface area contributed by atoms with E-state index in [4.69, 9.17) is 16.3 Å². The topological polar surface area (TPSA) is 54.8 Å². The fourth-order valence-electron chi connectivity index (χ4n) is 5.63. The summed E-state index contributed by atoms with van der Waals surface area (Å²) >= 11 is 6.15. The van der Waals surface area contributed by atoms with Gasteiger partial charge in [-0.25, -0.2) is 0 Å². The molecular formula is C30H34ClN3O3. The van der Waals surface area contributed by atoms with Gasteiger partial charge in [0.05, 0.1) is 18.4 Å². The number of amides is 2. The number of hydrogen-bond donors (Lipinski definition) is 0. The summed E-state index contributed by atoms with van der Waals surface area (Å²) in [5, 5.41) is 0.667. The Kier molecular flexibility index (Phi) is 7.56. The normalized spacial score (nSPS) is 16.6. The van der Waals surface area contributed by atoms with Crippen LogP contribution in [-0.2, 0) is 4.79 Å². The van der Waals surface area contributed by atoms with Crippen LogP contribution in [0.3, 0.4) is 0 Å². The van der Waals surface area contributed by atoms with Crippen LogP contribution in [0.5, 0.6) is 5.75 Å². The van der Waals surface area contributed by atoms with Gasteiger partial charge in [0.1, 0.15) is 5.75 Å². The summed E-state index contributed by atoms with van der Waals surface area (Å²) in [5.41, 5.74) is 4.40. The molecular weight excluding hydrogens is 486 g/mol. The van der Waals surface area contributed by atoms with Gasteiger partial charge in [0.15, 0.2) is 0 Å². The Hall–Kier alpha value is -3.25. The Balaban J connectivity index is 1.40. The predicted octanol–water partition coefficient (Wildman–Crippen LogP) is 5.98. The van der Waals surface area contributed by atoms with Crippen LogP contribution in [0.2, 0.25) is 5.02 Å².